The van der Waals surface area contributed by atoms with E-state index in [1.54, 1.807) is 31.2 Å². The lowest BCUT2D eigenvalue weighted by molar-refractivity contribution is -0.118. The van der Waals surface area contributed by atoms with Crippen LogP contribution in [0.5, 0.6) is 0 Å². The average molecular weight is 340 g/mol. The number of halogens is 1. The molecule has 1 aromatic carbocycles. The standard InChI is InChI=1S/C15H18ClN3O4/c1-2-22-15(21)9-3-5-10(6-4-9)18-14(20)12(17)7-11-8-13(16)19-23-11/h3-6,11-12H,2,7-8,17H2,1H3,(H,18,20). The van der Waals surface area contributed by atoms with Crippen LogP contribution in [0.15, 0.2) is 29.4 Å². The van der Waals surface area contributed by atoms with E-state index in [1.807, 2.05) is 0 Å². The van der Waals surface area contributed by atoms with Gasteiger partial charge in [0, 0.05) is 18.5 Å². The van der Waals surface area contributed by atoms with Crippen LogP contribution in [0.25, 0.3) is 0 Å². The molecule has 8 heteroatoms. The van der Waals surface area contributed by atoms with Crippen LogP contribution in [0.1, 0.15) is 30.1 Å². The molecule has 0 fully saturated rings. The van der Waals surface area contributed by atoms with Crippen LogP contribution < -0.4 is 11.1 Å². The first kappa shape index (κ1) is 17.2. The third-order valence-corrected chi connectivity index (χ3v) is 3.44. The number of nitrogens with zero attached hydrogens (tertiary/aromatic N) is 1. The van der Waals surface area contributed by atoms with E-state index in [0.29, 0.717) is 35.9 Å². The number of ether oxygens (including phenoxy) is 1. The summed E-state index contributed by atoms with van der Waals surface area (Å²) in [5, 5.41) is 6.66. The zero-order valence-electron chi connectivity index (χ0n) is 12.6. The molecule has 7 nitrogen and oxygen atoms in total. The van der Waals surface area contributed by atoms with Crippen molar-refractivity contribution in [2.75, 3.05) is 11.9 Å². The number of esters is 1. The molecule has 23 heavy (non-hydrogen) atoms. The van der Waals surface area contributed by atoms with Gasteiger partial charge in [0.1, 0.15) is 11.3 Å². The first-order chi connectivity index (χ1) is 11.0. The minimum Gasteiger partial charge on any atom is -0.462 e. The van der Waals surface area contributed by atoms with Crippen LogP contribution in [0.4, 0.5) is 5.69 Å². The summed E-state index contributed by atoms with van der Waals surface area (Å²) in [6, 6.07) is 5.63. The lowest BCUT2D eigenvalue weighted by Crippen LogP contribution is -2.38. The Bertz CT molecular complexity index is 603. The fourth-order valence-corrected chi connectivity index (χ4v) is 2.26. The van der Waals surface area contributed by atoms with E-state index in [0.717, 1.165) is 0 Å². The number of oxime groups is 1. The van der Waals surface area contributed by atoms with Gasteiger partial charge in [-0.3, -0.25) is 4.79 Å². The minimum atomic E-state index is -0.748. The molecule has 0 bridgehead atoms. The van der Waals surface area contributed by atoms with Gasteiger partial charge in [0.05, 0.1) is 18.2 Å². The summed E-state index contributed by atoms with van der Waals surface area (Å²) in [5.41, 5.74) is 6.81. The molecule has 0 spiro atoms. The highest BCUT2D eigenvalue weighted by Crippen LogP contribution is 2.18. The maximum Gasteiger partial charge on any atom is 0.338 e. The van der Waals surface area contributed by atoms with Crippen LogP contribution in [-0.2, 0) is 14.4 Å². The number of hydrogen-bond acceptors (Lipinski definition) is 6. The molecular formula is C15H18ClN3O4. The predicted octanol–water partition coefficient (Wildman–Crippen LogP) is 1.86. The number of nitrogens with one attached hydrogen (secondary N) is 1. The Kier molecular flexibility index (Phi) is 5.95. The van der Waals surface area contributed by atoms with Crippen molar-refractivity contribution >= 4 is 34.3 Å². The van der Waals surface area contributed by atoms with Crippen molar-refractivity contribution in [1.82, 2.24) is 0 Å². The van der Waals surface area contributed by atoms with Gasteiger partial charge in [-0.1, -0.05) is 16.8 Å². The molecule has 3 N–H and O–H groups in total. The number of benzene rings is 1. The molecule has 2 rings (SSSR count). The van der Waals surface area contributed by atoms with Crippen molar-refractivity contribution in [3.8, 4) is 0 Å². The van der Waals surface area contributed by atoms with E-state index < -0.39 is 12.0 Å². The van der Waals surface area contributed by atoms with E-state index in [2.05, 4.69) is 10.5 Å². The lowest BCUT2D eigenvalue weighted by Gasteiger charge is -2.15. The van der Waals surface area contributed by atoms with E-state index in [1.165, 1.54) is 0 Å². The molecule has 1 amide bonds. The van der Waals surface area contributed by atoms with Crippen molar-refractivity contribution in [3.05, 3.63) is 29.8 Å². The third kappa shape index (κ3) is 4.94. The fourth-order valence-electron chi connectivity index (χ4n) is 2.05. The Morgan fingerprint density at radius 3 is 2.74 bits per heavy atom. The summed E-state index contributed by atoms with van der Waals surface area (Å²) in [6.07, 6.45) is 0.484. The van der Waals surface area contributed by atoms with Crippen molar-refractivity contribution in [2.45, 2.75) is 31.9 Å². The number of anilines is 1. The largest absolute Gasteiger partial charge is 0.462 e. The summed E-state index contributed by atoms with van der Waals surface area (Å²) in [7, 11) is 0. The van der Waals surface area contributed by atoms with Crippen LogP contribution in [-0.4, -0.2) is 35.8 Å². The first-order valence-electron chi connectivity index (χ1n) is 7.21. The summed E-state index contributed by atoms with van der Waals surface area (Å²) in [5.74, 6) is -0.752. The molecule has 1 aliphatic heterocycles. The molecule has 0 aliphatic carbocycles. The second kappa shape index (κ2) is 7.94. The van der Waals surface area contributed by atoms with E-state index >= 15 is 0 Å². The van der Waals surface area contributed by atoms with Gasteiger partial charge in [-0.05, 0) is 31.2 Å². The van der Waals surface area contributed by atoms with Gasteiger partial charge in [0.15, 0.2) is 0 Å². The van der Waals surface area contributed by atoms with Gasteiger partial charge < -0.3 is 20.6 Å². The predicted molar refractivity (Wildman–Crippen MR) is 86.4 cm³/mol. The van der Waals surface area contributed by atoms with E-state index in [-0.39, 0.29) is 12.0 Å². The van der Waals surface area contributed by atoms with Crippen LogP contribution in [0, 0.1) is 0 Å². The molecular weight excluding hydrogens is 322 g/mol. The maximum atomic E-state index is 12.0. The number of hydrogen-bond donors (Lipinski definition) is 2. The number of rotatable bonds is 6. The SMILES string of the molecule is CCOC(=O)c1ccc(NC(=O)C(N)CC2CC(Cl)=NO2)cc1. The van der Waals surface area contributed by atoms with Gasteiger partial charge in [-0.2, -0.15) is 0 Å². The van der Waals surface area contributed by atoms with Crippen LogP contribution in [0.2, 0.25) is 0 Å². The number of amides is 1. The Morgan fingerprint density at radius 2 is 2.17 bits per heavy atom. The first-order valence-corrected chi connectivity index (χ1v) is 7.59. The number of carbonyl (C=O) groups excluding carboxylic acids is 2. The summed E-state index contributed by atoms with van der Waals surface area (Å²) in [6.45, 7) is 2.04. The van der Waals surface area contributed by atoms with Crippen molar-refractivity contribution < 1.29 is 19.2 Å². The van der Waals surface area contributed by atoms with E-state index in [4.69, 9.17) is 26.9 Å². The lowest BCUT2D eigenvalue weighted by atomic mass is 10.1. The zero-order valence-corrected chi connectivity index (χ0v) is 13.4. The molecule has 0 saturated carbocycles. The second-order valence-electron chi connectivity index (χ2n) is 5.03. The van der Waals surface area contributed by atoms with Gasteiger partial charge in [-0.25, -0.2) is 4.79 Å². The second-order valence-corrected chi connectivity index (χ2v) is 5.46. The number of carbonyl (C=O) groups is 2. The Morgan fingerprint density at radius 1 is 1.48 bits per heavy atom. The van der Waals surface area contributed by atoms with Crippen LogP contribution >= 0.6 is 11.6 Å². The van der Waals surface area contributed by atoms with Gasteiger partial charge in [0.25, 0.3) is 0 Å². The Hall–Kier alpha value is -2.12. The molecule has 0 radical (unpaired) electrons. The molecule has 1 aliphatic rings. The smallest absolute Gasteiger partial charge is 0.338 e. The zero-order chi connectivity index (χ0) is 16.8. The highest BCUT2D eigenvalue weighted by molar-refractivity contribution is 6.65. The molecule has 1 heterocycles. The van der Waals surface area contributed by atoms with Gasteiger partial charge in [0.2, 0.25) is 5.91 Å². The summed E-state index contributed by atoms with van der Waals surface area (Å²) in [4.78, 5) is 28.6. The quantitative estimate of drug-likeness (QED) is 0.770. The molecule has 1 aromatic rings. The Balaban J connectivity index is 1.86. The normalized spacial score (nSPS) is 17.9. The van der Waals surface area contributed by atoms with Crippen LogP contribution in [0.3, 0.4) is 0 Å². The molecule has 124 valence electrons. The van der Waals surface area contributed by atoms with Crippen molar-refractivity contribution in [3.63, 3.8) is 0 Å². The fraction of sp³-hybridized carbons (Fsp3) is 0.400. The van der Waals surface area contributed by atoms with Gasteiger partial charge in [-0.15, -0.1) is 0 Å². The van der Waals surface area contributed by atoms with E-state index in [9.17, 15) is 9.59 Å². The maximum absolute atomic E-state index is 12.0. The summed E-state index contributed by atoms with van der Waals surface area (Å²) < 4.78 is 4.89. The molecule has 0 aromatic heterocycles. The molecule has 2 atom stereocenters. The van der Waals surface area contributed by atoms with Gasteiger partial charge >= 0.3 is 5.97 Å². The summed E-state index contributed by atoms with van der Waals surface area (Å²) >= 11 is 5.71. The Labute approximate surface area is 138 Å². The minimum absolute atomic E-state index is 0.283. The molecule has 0 saturated heterocycles. The highest BCUT2D eigenvalue weighted by atomic mass is 35.5. The van der Waals surface area contributed by atoms with Crippen molar-refractivity contribution in [2.24, 2.45) is 10.9 Å². The monoisotopic (exact) mass is 339 g/mol. The number of nitrogens with two attached hydrogens (primary N) is 1. The van der Waals surface area contributed by atoms with Crippen molar-refractivity contribution in [1.29, 1.82) is 0 Å². The third-order valence-electron chi connectivity index (χ3n) is 3.21. The molecule has 2 unspecified atom stereocenters. The highest BCUT2D eigenvalue weighted by Gasteiger charge is 2.25. The topological polar surface area (TPSA) is 103 Å². The average Bonchev–Trinajstić information content (AvgIpc) is 2.93.